The van der Waals surface area contributed by atoms with Crippen LogP contribution in [0.4, 0.5) is 5.69 Å². The Bertz CT molecular complexity index is 969. The van der Waals surface area contributed by atoms with E-state index in [0.717, 1.165) is 29.7 Å². The summed E-state index contributed by atoms with van der Waals surface area (Å²) in [5.74, 6) is -0.341. The number of ether oxygens (including phenoxy) is 1. The standard InChI is InChI=1S/C27H28N2O3/c30-25(20-32-26(21-11-4-1-5-12-21)22-13-6-2-7-14-22)29-18-10-15-23(19-29)27(31)28-24-16-8-3-9-17-24/h1-9,11-14,16-17,23,26H,10,15,18-20H2,(H,28,31). The van der Waals surface area contributed by atoms with E-state index in [4.69, 9.17) is 4.74 Å². The number of piperidine rings is 1. The van der Waals surface area contributed by atoms with Crippen molar-refractivity contribution in [3.05, 3.63) is 102 Å². The van der Waals surface area contributed by atoms with Crippen LogP contribution in [0.25, 0.3) is 0 Å². The Balaban J connectivity index is 1.37. The Morgan fingerprint density at radius 3 is 2.03 bits per heavy atom. The summed E-state index contributed by atoms with van der Waals surface area (Å²) in [6.07, 6.45) is 1.27. The first-order valence-corrected chi connectivity index (χ1v) is 11.1. The predicted octanol–water partition coefficient (Wildman–Crippen LogP) is 4.67. The van der Waals surface area contributed by atoms with Gasteiger partial charge < -0.3 is 15.0 Å². The number of nitrogens with zero attached hydrogens (tertiary/aromatic N) is 1. The van der Waals surface area contributed by atoms with E-state index < -0.39 is 0 Å². The molecule has 1 aliphatic heterocycles. The number of carbonyl (C=O) groups excluding carboxylic acids is 2. The van der Waals surface area contributed by atoms with Gasteiger partial charge in [0.2, 0.25) is 11.8 Å². The molecule has 2 amide bonds. The first kappa shape index (κ1) is 21.8. The van der Waals surface area contributed by atoms with E-state index in [2.05, 4.69) is 5.32 Å². The van der Waals surface area contributed by atoms with Gasteiger partial charge in [0.1, 0.15) is 12.7 Å². The van der Waals surface area contributed by atoms with Crippen LogP contribution in [0.3, 0.4) is 0 Å². The molecular formula is C27H28N2O3. The maximum Gasteiger partial charge on any atom is 0.248 e. The van der Waals surface area contributed by atoms with Crippen LogP contribution in [-0.4, -0.2) is 36.4 Å². The second-order valence-electron chi connectivity index (χ2n) is 8.05. The van der Waals surface area contributed by atoms with Gasteiger partial charge in [-0.3, -0.25) is 9.59 Å². The number of anilines is 1. The molecule has 0 spiro atoms. The van der Waals surface area contributed by atoms with Gasteiger partial charge in [0.25, 0.3) is 0 Å². The number of para-hydroxylation sites is 1. The van der Waals surface area contributed by atoms with Gasteiger partial charge in [-0.2, -0.15) is 0 Å². The second kappa shape index (κ2) is 10.7. The normalized spacial score (nSPS) is 16.0. The molecule has 164 valence electrons. The molecule has 1 atom stereocenters. The molecule has 32 heavy (non-hydrogen) atoms. The van der Waals surface area contributed by atoms with Gasteiger partial charge in [-0.25, -0.2) is 0 Å². The average Bonchev–Trinajstić information content (AvgIpc) is 2.86. The fraction of sp³-hybridized carbons (Fsp3) is 0.259. The third-order valence-corrected chi connectivity index (χ3v) is 5.76. The molecule has 1 N–H and O–H groups in total. The molecule has 0 saturated carbocycles. The number of rotatable bonds is 7. The highest BCUT2D eigenvalue weighted by Gasteiger charge is 2.29. The third-order valence-electron chi connectivity index (χ3n) is 5.76. The summed E-state index contributed by atoms with van der Waals surface area (Å²) in [7, 11) is 0. The van der Waals surface area contributed by atoms with E-state index >= 15 is 0 Å². The van der Waals surface area contributed by atoms with E-state index in [9.17, 15) is 9.59 Å². The summed E-state index contributed by atoms with van der Waals surface area (Å²) in [6.45, 7) is 1.04. The summed E-state index contributed by atoms with van der Waals surface area (Å²) in [4.78, 5) is 27.4. The Labute approximate surface area is 189 Å². The molecule has 0 bridgehead atoms. The molecule has 5 heteroatoms. The van der Waals surface area contributed by atoms with Crippen LogP contribution in [0.5, 0.6) is 0 Å². The van der Waals surface area contributed by atoms with Gasteiger partial charge in [0, 0.05) is 18.8 Å². The maximum atomic E-state index is 13.0. The number of hydrogen-bond acceptors (Lipinski definition) is 3. The molecule has 4 rings (SSSR count). The topological polar surface area (TPSA) is 58.6 Å². The molecule has 5 nitrogen and oxygen atoms in total. The smallest absolute Gasteiger partial charge is 0.248 e. The lowest BCUT2D eigenvalue weighted by Gasteiger charge is -2.32. The maximum absolute atomic E-state index is 13.0. The van der Waals surface area contributed by atoms with Gasteiger partial charge in [-0.15, -0.1) is 0 Å². The number of hydrogen-bond donors (Lipinski definition) is 1. The first-order valence-electron chi connectivity index (χ1n) is 11.1. The summed E-state index contributed by atoms with van der Waals surface area (Å²) in [5, 5.41) is 2.96. The summed E-state index contributed by atoms with van der Waals surface area (Å²) in [6, 6.07) is 29.3. The van der Waals surface area contributed by atoms with Crippen LogP contribution in [0.2, 0.25) is 0 Å². The van der Waals surface area contributed by atoms with Gasteiger partial charge in [0.15, 0.2) is 0 Å². The fourth-order valence-electron chi connectivity index (χ4n) is 4.07. The highest BCUT2D eigenvalue weighted by atomic mass is 16.5. The molecule has 3 aromatic rings. The molecule has 1 unspecified atom stereocenters. The van der Waals surface area contributed by atoms with Crippen LogP contribution < -0.4 is 5.32 Å². The van der Waals surface area contributed by atoms with Crippen molar-refractivity contribution in [3.8, 4) is 0 Å². The summed E-state index contributed by atoms with van der Waals surface area (Å²) < 4.78 is 6.13. The highest BCUT2D eigenvalue weighted by Crippen LogP contribution is 2.26. The monoisotopic (exact) mass is 428 g/mol. The summed E-state index contributed by atoms with van der Waals surface area (Å²) >= 11 is 0. The molecule has 1 fully saturated rings. The van der Waals surface area contributed by atoms with Crippen molar-refractivity contribution in [2.24, 2.45) is 5.92 Å². The van der Waals surface area contributed by atoms with Crippen molar-refractivity contribution in [1.29, 1.82) is 0 Å². The van der Waals surface area contributed by atoms with E-state index in [1.165, 1.54) is 0 Å². The Morgan fingerprint density at radius 1 is 0.875 bits per heavy atom. The van der Waals surface area contributed by atoms with Crippen LogP contribution in [0.1, 0.15) is 30.1 Å². The number of carbonyl (C=O) groups is 2. The van der Waals surface area contributed by atoms with E-state index in [1.807, 2.05) is 91.0 Å². The van der Waals surface area contributed by atoms with Crippen LogP contribution in [0.15, 0.2) is 91.0 Å². The quantitative estimate of drug-likeness (QED) is 0.595. The largest absolute Gasteiger partial charge is 0.359 e. The van der Waals surface area contributed by atoms with Gasteiger partial charge in [0.05, 0.1) is 5.92 Å². The van der Waals surface area contributed by atoms with Gasteiger partial charge >= 0.3 is 0 Å². The average molecular weight is 429 g/mol. The molecule has 1 saturated heterocycles. The molecule has 3 aromatic carbocycles. The lowest BCUT2D eigenvalue weighted by atomic mass is 9.97. The SMILES string of the molecule is O=C(Nc1ccccc1)C1CCCN(C(=O)COC(c2ccccc2)c2ccccc2)C1. The lowest BCUT2D eigenvalue weighted by molar-refractivity contribution is -0.140. The van der Waals surface area contributed by atoms with Crippen molar-refractivity contribution < 1.29 is 14.3 Å². The van der Waals surface area contributed by atoms with Crippen molar-refractivity contribution >= 4 is 17.5 Å². The number of nitrogens with one attached hydrogen (secondary N) is 1. The van der Waals surface area contributed by atoms with E-state index in [1.54, 1.807) is 4.90 Å². The number of likely N-dealkylation sites (tertiary alicyclic amines) is 1. The lowest BCUT2D eigenvalue weighted by Crippen LogP contribution is -2.45. The Hall–Kier alpha value is -3.44. The van der Waals surface area contributed by atoms with Crippen molar-refractivity contribution in [1.82, 2.24) is 4.90 Å². The molecule has 1 aliphatic rings. The van der Waals surface area contributed by atoms with Crippen LogP contribution in [0, 0.1) is 5.92 Å². The predicted molar refractivity (Wildman–Crippen MR) is 125 cm³/mol. The highest BCUT2D eigenvalue weighted by molar-refractivity contribution is 5.93. The summed E-state index contributed by atoms with van der Waals surface area (Å²) in [5.41, 5.74) is 2.79. The minimum absolute atomic E-state index is 0.0263. The second-order valence-corrected chi connectivity index (χ2v) is 8.05. The van der Waals surface area contributed by atoms with Crippen molar-refractivity contribution in [2.75, 3.05) is 25.0 Å². The number of benzene rings is 3. The molecular weight excluding hydrogens is 400 g/mol. The fourth-order valence-corrected chi connectivity index (χ4v) is 4.07. The minimum atomic E-state index is -0.316. The van der Waals surface area contributed by atoms with Gasteiger partial charge in [-0.05, 0) is 36.1 Å². The van der Waals surface area contributed by atoms with Crippen molar-refractivity contribution in [3.63, 3.8) is 0 Å². The van der Waals surface area contributed by atoms with Gasteiger partial charge in [-0.1, -0.05) is 78.9 Å². The third kappa shape index (κ3) is 5.62. The van der Waals surface area contributed by atoms with Crippen LogP contribution >= 0.6 is 0 Å². The zero-order valence-electron chi connectivity index (χ0n) is 18.0. The number of amides is 2. The zero-order valence-corrected chi connectivity index (χ0v) is 18.0. The van der Waals surface area contributed by atoms with Crippen LogP contribution in [-0.2, 0) is 14.3 Å². The first-order chi connectivity index (χ1) is 15.7. The molecule has 0 aliphatic carbocycles. The Morgan fingerprint density at radius 2 is 1.44 bits per heavy atom. The van der Waals surface area contributed by atoms with E-state index in [0.29, 0.717) is 13.1 Å². The van der Waals surface area contributed by atoms with Crippen molar-refractivity contribution in [2.45, 2.75) is 18.9 Å². The minimum Gasteiger partial charge on any atom is -0.359 e. The molecule has 1 heterocycles. The molecule has 0 radical (unpaired) electrons. The van der Waals surface area contributed by atoms with E-state index in [-0.39, 0.29) is 30.4 Å². The zero-order chi connectivity index (χ0) is 22.2. The Kier molecular flexibility index (Phi) is 7.31. The molecule has 0 aromatic heterocycles.